The first-order valence-electron chi connectivity index (χ1n) is 5.86. The van der Waals surface area contributed by atoms with E-state index in [-0.39, 0.29) is 5.82 Å². The third-order valence-corrected chi connectivity index (χ3v) is 3.59. The smallest absolute Gasteiger partial charge is 0.159 e. The summed E-state index contributed by atoms with van der Waals surface area (Å²) >= 11 is 3.21. The van der Waals surface area contributed by atoms with Gasteiger partial charge in [-0.15, -0.1) is 0 Å². The topological polar surface area (TPSA) is 25.8 Å². The van der Waals surface area contributed by atoms with Crippen molar-refractivity contribution < 1.29 is 4.39 Å². The fraction of sp³-hybridized carbons (Fsp3) is 0.0667. The Morgan fingerprint density at radius 2 is 1.89 bits per heavy atom. The normalized spacial score (nSPS) is 10.8. The van der Waals surface area contributed by atoms with Crippen molar-refractivity contribution in [3.63, 3.8) is 0 Å². The van der Waals surface area contributed by atoms with E-state index in [4.69, 9.17) is 0 Å². The third kappa shape index (κ3) is 2.49. The van der Waals surface area contributed by atoms with E-state index in [1.54, 1.807) is 24.5 Å². The van der Waals surface area contributed by atoms with Crippen LogP contribution in [-0.4, -0.2) is 9.97 Å². The van der Waals surface area contributed by atoms with Gasteiger partial charge in [0.05, 0.1) is 4.47 Å². The van der Waals surface area contributed by atoms with Gasteiger partial charge in [0, 0.05) is 17.8 Å². The number of benzene rings is 1. The molecule has 0 amide bonds. The lowest BCUT2D eigenvalue weighted by molar-refractivity contribution is 0.620. The molecular weight excluding hydrogens is 307 g/mol. The van der Waals surface area contributed by atoms with Gasteiger partial charge in [0.25, 0.3) is 0 Å². The van der Waals surface area contributed by atoms with Crippen LogP contribution in [0.1, 0.15) is 11.1 Å². The van der Waals surface area contributed by atoms with Gasteiger partial charge in [0.2, 0.25) is 0 Å². The molecule has 0 bridgehead atoms. The molecule has 3 rings (SSSR count). The van der Waals surface area contributed by atoms with E-state index in [1.807, 2.05) is 18.2 Å². The van der Waals surface area contributed by atoms with Gasteiger partial charge in [-0.1, -0.05) is 6.07 Å². The van der Waals surface area contributed by atoms with Crippen molar-refractivity contribution in [3.05, 3.63) is 70.2 Å². The van der Waals surface area contributed by atoms with Crippen molar-refractivity contribution in [2.45, 2.75) is 6.42 Å². The molecule has 2 aromatic heterocycles. The maximum Gasteiger partial charge on any atom is 0.159 e. The van der Waals surface area contributed by atoms with Gasteiger partial charge in [-0.25, -0.2) is 14.4 Å². The molecule has 0 aliphatic carbocycles. The minimum absolute atomic E-state index is 0.245. The number of fused-ring (bicyclic) bond motifs is 1. The molecule has 0 fully saturated rings. The number of hydrogen-bond acceptors (Lipinski definition) is 2. The summed E-state index contributed by atoms with van der Waals surface area (Å²) in [7, 11) is 0. The van der Waals surface area contributed by atoms with E-state index in [9.17, 15) is 4.39 Å². The van der Waals surface area contributed by atoms with Crippen LogP contribution in [0.4, 0.5) is 4.39 Å². The lowest BCUT2D eigenvalue weighted by Crippen LogP contribution is -1.93. The molecule has 1 aromatic carbocycles. The van der Waals surface area contributed by atoms with E-state index in [1.165, 1.54) is 6.07 Å². The molecule has 2 heterocycles. The highest BCUT2D eigenvalue weighted by molar-refractivity contribution is 9.10. The summed E-state index contributed by atoms with van der Waals surface area (Å²) in [5, 5.41) is 1.03. The van der Waals surface area contributed by atoms with Gasteiger partial charge in [-0.05, 0) is 63.8 Å². The van der Waals surface area contributed by atoms with Crippen LogP contribution in [0.25, 0.3) is 11.0 Å². The Bertz CT molecular complexity index is 738. The summed E-state index contributed by atoms with van der Waals surface area (Å²) in [6, 6.07) is 10.9. The van der Waals surface area contributed by atoms with Crippen LogP contribution in [0.5, 0.6) is 0 Å². The molecule has 19 heavy (non-hydrogen) atoms. The zero-order valence-electron chi connectivity index (χ0n) is 9.98. The quantitative estimate of drug-likeness (QED) is 0.710. The first-order chi connectivity index (χ1) is 9.24. The predicted molar refractivity (Wildman–Crippen MR) is 76.4 cm³/mol. The molecule has 2 nitrogen and oxygen atoms in total. The molecule has 0 spiro atoms. The molecule has 0 N–H and O–H groups in total. The highest BCUT2D eigenvalue weighted by Crippen LogP contribution is 2.22. The third-order valence-electron chi connectivity index (χ3n) is 2.98. The fourth-order valence-electron chi connectivity index (χ4n) is 2.06. The SMILES string of the molecule is Fc1ccc(Cc2ccnc3ncccc23)cc1Br. The van der Waals surface area contributed by atoms with Crippen molar-refractivity contribution in [1.29, 1.82) is 0 Å². The lowest BCUT2D eigenvalue weighted by atomic mass is 10.0. The second-order valence-corrected chi connectivity index (χ2v) is 5.12. The first-order valence-corrected chi connectivity index (χ1v) is 6.66. The first kappa shape index (κ1) is 12.2. The van der Waals surface area contributed by atoms with Crippen LogP contribution >= 0.6 is 15.9 Å². The van der Waals surface area contributed by atoms with Crippen LogP contribution < -0.4 is 0 Å². The molecular formula is C15H10BrFN2. The summed E-state index contributed by atoms with van der Waals surface area (Å²) in [4.78, 5) is 8.47. The Labute approximate surface area is 118 Å². The summed E-state index contributed by atoms with van der Waals surface area (Å²) < 4.78 is 13.7. The van der Waals surface area contributed by atoms with Gasteiger partial charge in [0.1, 0.15) is 5.82 Å². The van der Waals surface area contributed by atoms with Crippen molar-refractivity contribution in [2.24, 2.45) is 0 Å². The maximum absolute atomic E-state index is 13.2. The Balaban J connectivity index is 2.03. The monoisotopic (exact) mass is 316 g/mol. The molecule has 94 valence electrons. The fourth-order valence-corrected chi connectivity index (χ4v) is 2.49. The van der Waals surface area contributed by atoms with E-state index in [0.717, 1.165) is 28.6 Å². The number of aromatic nitrogens is 2. The van der Waals surface area contributed by atoms with E-state index >= 15 is 0 Å². The molecule has 0 aliphatic heterocycles. The van der Waals surface area contributed by atoms with Gasteiger partial charge in [-0.3, -0.25) is 0 Å². The zero-order valence-corrected chi connectivity index (χ0v) is 11.6. The van der Waals surface area contributed by atoms with E-state index in [2.05, 4.69) is 25.9 Å². The number of hydrogen-bond donors (Lipinski definition) is 0. The highest BCUT2D eigenvalue weighted by atomic mass is 79.9. The zero-order chi connectivity index (χ0) is 13.2. The van der Waals surface area contributed by atoms with Gasteiger partial charge < -0.3 is 0 Å². The van der Waals surface area contributed by atoms with Crippen molar-refractivity contribution in [1.82, 2.24) is 9.97 Å². The Kier molecular flexibility index (Phi) is 3.25. The molecule has 0 radical (unpaired) electrons. The molecule has 3 aromatic rings. The average Bonchev–Trinajstić information content (AvgIpc) is 2.43. The molecule has 0 saturated carbocycles. The Morgan fingerprint density at radius 1 is 1.05 bits per heavy atom. The summed E-state index contributed by atoms with van der Waals surface area (Å²) in [5.74, 6) is -0.245. The minimum atomic E-state index is -0.245. The molecule has 4 heteroatoms. The van der Waals surface area contributed by atoms with E-state index in [0.29, 0.717) is 4.47 Å². The highest BCUT2D eigenvalue weighted by Gasteiger charge is 2.05. The summed E-state index contributed by atoms with van der Waals surface area (Å²) in [6.45, 7) is 0. The summed E-state index contributed by atoms with van der Waals surface area (Å²) in [5.41, 5.74) is 2.92. The van der Waals surface area contributed by atoms with Gasteiger partial charge in [-0.2, -0.15) is 0 Å². The van der Waals surface area contributed by atoms with Crippen LogP contribution in [-0.2, 0) is 6.42 Å². The molecule has 0 atom stereocenters. The van der Waals surface area contributed by atoms with E-state index < -0.39 is 0 Å². The van der Waals surface area contributed by atoms with Crippen LogP contribution in [0.3, 0.4) is 0 Å². The number of rotatable bonds is 2. The van der Waals surface area contributed by atoms with Crippen molar-refractivity contribution in [2.75, 3.05) is 0 Å². The van der Waals surface area contributed by atoms with Crippen LogP contribution in [0.15, 0.2) is 53.3 Å². The maximum atomic E-state index is 13.2. The number of nitrogens with zero attached hydrogens (tertiary/aromatic N) is 2. The second-order valence-electron chi connectivity index (χ2n) is 4.27. The van der Waals surface area contributed by atoms with Gasteiger partial charge >= 0.3 is 0 Å². The Hall–Kier alpha value is -1.81. The standard InChI is InChI=1S/C15H10BrFN2/c16-13-9-10(3-4-14(13)17)8-11-5-7-19-15-12(11)2-1-6-18-15/h1-7,9H,8H2. The average molecular weight is 317 g/mol. The number of halogens is 2. The largest absolute Gasteiger partial charge is 0.237 e. The molecule has 0 saturated heterocycles. The predicted octanol–water partition coefficient (Wildman–Crippen LogP) is 4.12. The summed E-state index contributed by atoms with van der Waals surface area (Å²) in [6.07, 6.45) is 4.21. The van der Waals surface area contributed by atoms with Gasteiger partial charge in [0.15, 0.2) is 5.65 Å². The van der Waals surface area contributed by atoms with Crippen LogP contribution in [0.2, 0.25) is 0 Å². The number of pyridine rings is 2. The van der Waals surface area contributed by atoms with Crippen molar-refractivity contribution in [3.8, 4) is 0 Å². The lowest BCUT2D eigenvalue weighted by Gasteiger charge is -2.06. The second kappa shape index (κ2) is 5.05. The van der Waals surface area contributed by atoms with Crippen molar-refractivity contribution >= 4 is 27.0 Å². The Morgan fingerprint density at radius 3 is 2.74 bits per heavy atom. The molecule has 0 unspecified atom stereocenters. The molecule has 0 aliphatic rings. The van der Waals surface area contributed by atoms with Crippen LogP contribution in [0, 0.1) is 5.82 Å². The minimum Gasteiger partial charge on any atom is -0.237 e.